The second-order valence-corrected chi connectivity index (χ2v) is 5.65. The molecule has 1 aliphatic rings. The number of likely N-dealkylation sites (tertiary alicyclic amines) is 1. The Morgan fingerprint density at radius 2 is 1.83 bits per heavy atom. The van der Waals surface area contributed by atoms with Crippen LogP contribution in [0.15, 0.2) is 47.3 Å². The fraction of sp³-hybridized carbons (Fsp3) is 0.294. The summed E-state index contributed by atoms with van der Waals surface area (Å²) in [5, 5.41) is 13.4. The van der Waals surface area contributed by atoms with Crippen LogP contribution in [0.1, 0.15) is 29.8 Å². The summed E-state index contributed by atoms with van der Waals surface area (Å²) in [6, 6.07) is 10.5. The molecule has 7 nitrogen and oxygen atoms in total. The third-order valence-corrected chi connectivity index (χ3v) is 4.07. The number of hydrogen-bond donors (Lipinski definition) is 1. The summed E-state index contributed by atoms with van der Waals surface area (Å²) in [5.41, 5.74) is 0.253. The van der Waals surface area contributed by atoms with Crippen LogP contribution in [0, 0.1) is 0 Å². The molecule has 124 valence electrons. The molecule has 1 unspecified atom stereocenters. The van der Waals surface area contributed by atoms with Gasteiger partial charge in [-0.05, 0) is 37.5 Å². The van der Waals surface area contributed by atoms with E-state index in [-0.39, 0.29) is 11.3 Å². The maximum atomic E-state index is 12.7. The van der Waals surface area contributed by atoms with Gasteiger partial charge in [-0.2, -0.15) is 9.78 Å². The van der Waals surface area contributed by atoms with Gasteiger partial charge in [0.1, 0.15) is 11.7 Å². The maximum Gasteiger partial charge on any atom is 0.326 e. The zero-order chi connectivity index (χ0) is 17.1. The van der Waals surface area contributed by atoms with E-state index in [1.807, 2.05) is 6.07 Å². The van der Waals surface area contributed by atoms with E-state index in [1.165, 1.54) is 17.0 Å². The van der Waals surface area contributed by atoms with Crippen LogP contribution < -0.4 is 5.56 Å². The van der Waals surface area contributed by atoms with Crippen molar-refractivity contribution in [3.63, 3.8) is 0 Å². The summed E-state index contributed by atoms with van der Waals surface area (Å²) in [6.07, 6.45) is 1.96. The second kappa shape index (κ2) is 6.66. The van der Waals surface area contributed by atoms with Crippen LogP contribution in [0.4, 0.5) is 0 Å². The number of piperidine rings is 1. The first-order valence-electron chi connectivity index (χ1n) is 7.77. The molecule has 1 aromatic carbocycles. The van der Waals surface area contributed by atoms with Gasteiger partial charge < -0.3 is 10.0 Å². The summed E-state index contributed by atoms with van der Waals surface area (Å²) >= 11 is 0. The van der Waals surface area contributed by atoms with Crippen molar-refractivity contribution in [2.75, 3.05) is 6.54 Å². The zero-order valence-electron chi connectivity index (χ0n) is 13.0. The molecule has 0 radical (unpaired) electrons. The Kier molecular flexibility index (Phi) is 4.41. The number of rotatable bonds is 3. The minimum absolute atomic E-state index is 0.0617. The highest BCUT2D eigenvalue weighted by Crippen LogP contribution is 2.19. The Morgan fingerprint density at radius 3 is 2.54 bits per heavy atom. The highest BCUT2D eigenvalue weighted by Gasteiger charge is 2.33. The molecule has 0 spiro atoms. The average molecular weight is 327 g/mol. The van der Waals surface area contributed by atoms with E-state index in [9.17, 15) is 19.5 Å². The summed E-state index contributed by atoms with van der Waals surface area (Å²) < 4.78 is 1.15. The first-order chi connectivity index (χ1) is 11.6. The zero-order valence-corrected chi connectivity index (χ0v) is 13.0. The molecule has 1 aromatic heterocycles. The van der Waals surface area contributed by atoms with Crippen molar-refractivity contribution in [2.45, 2.75) is 25.3 Å². The smallest absolute Gasteiger partial charge is 0.326 e. The summed E-state index contributed by atoms with van der Waals surface area (Å²) in [4.78, 5) is 37.4. The molecule has 1 N–H and O–H groups in total. The van der Waals surface area contributed by atoms with Crippen LogP contribution in [0.3, 0.4) is 0 Å². The number of para-hydroxylation sites is 1. The molecule has 2 aromatic rings. The van der Waals surface area contributed by atoms with Crippen LogP contribution >= 0.6 is 0 Å². The SMILES string of the molecule is O=C(O)C1CCCCN1C(=O)c1ccc(=O)n(-c2ccccc2)n1. The van der Waals surface area contributed by atoms with Crippen LogP contribution in [0.5, 0.6) is 0 Å². The number of aromatic nitrogens is 2. The van der Waals surface area contributed by atoms with Crippen molar-refractivity contribution in [3.05, 3.63) is 58.5 Å². The van der Waals surface area contributed by atoms with Gasteiger partial charge in [0.25, 0.3) is 11.5 Å². The number of carbonyl (C=O) groups excluding carboxylic acids is 1. The molecule has 0 bridgehead atoms. The number of nitrogens with zero attached hydrogens (tertiary/aromatic N) is 3. The normalized spacial score (nSPS) is 17.5. The molecule has 0 saturated carbocycles. The van der Waals surface area contributed by atoms with Gasteiger partial charge >= 0.3 is 5.97 Å². The monoisotopic (exact) mass is 327 g/mol. The topological polar surface area (TPSA) is 92.5 Å². The lowest BCUT2D eigenvalue weighted by Crippen LogP contribution is -2.48. The lowest BCUT2D eigenvalue weighted by molar-refractivity contribution is -0.143. The number of carboxylic acids is 1. The fourth-order valence-electron chi connectivity index (χ4n) is 2.86. The molecule has 1 fully saturated rings. The second-order valence-electron chi connectivity index (χ2n) is 5.65. The predicted molar refractivity (Wildman–Crippen MR) is 86.1 cm³/mol. The van der Waals surface area contributed by atoms with Gasteiger partial charge in [-0.25, -0.2) is 4.79 Å². The number of carbonyl (C=O) groups is 2. The largest absolute Gasteiger partial charge is 0.480 e. The molecule has 1 saturated heterocycles. The Labute approximate surface area is 138 Å². The lowest BCUT2D eigenvalue weighted by Gasteiger charge is -2.32. The van der Waals surface area contributed by atoms with E-state index in [0.717, 1.165) is 17.5 Å². The maximum absolute atomic E-state index is 12.7. The van der Waals surface area contributed by atoms with Crippen molar-refractivity contribution >= 4 is 11.9 Å². The van der Waals surface area contributed by atoms with Gasteiger partial charge in [-0.1, -0.05) is 18.2 Å². The van der Waals surface area contributed by atoms with Gasteiger partial charge in [-0.15, -0.1) is 0 Å². The van der Waals surface area contributed by atoms with Crippen molar-refractivity contribution in [3.8, 4) is 5.69 Å². The number of aliphatic carboxylic acids is 1. The lowest BCUT2D eigenvalue weighted by atomic mass is 10.0. The fourth-order valence-corrected chi connectivity index (χ4v) is 2.86. The number of benzene rings is 1. The minimum atomic E-state index is -1.01. The molecule has 1 aliphatic heterocycles. The summed E-state index contributed by atoms with van der Waals surface area (Å²) in [7, 11) is 0. The van der Waals surface area contributed by atoms with Crippen molar-refractivity contribution in [2.24, 2.45) is 0 Å². The van der Waals surface area contributed by atoms with E-state index >= 15 is 0 Å². The Morgan fingerprint density at radius 1 is 1.08 bits per heavy atom. The quantitative estimate of drug-likeness (QED) is 0.917. The first kappa shape index (κ1) is 15.9. The molecule has 0 aliphatic carbocycles. The highest BCUT2D eigenvalue weighted by atomic mass is 16.4. The third kappa shape index (κ3) is 3.05. The molecule has 24 heavy (non-hydrogen) atoms. The number of amides is 1. The Hall–Kier alpha value is -2.96. The predicted octanol–water partition coefficient (Wildman–Crippen LogP) is 1.31. The Balaban J connectivity index is 1.96. The van der Waals surface area contributed by atoms with Crippen molar-refractivity contribution in [1.29, 1.82) is 0 Å². The molecule has 1 atom stereocenters. The van der Waals surface area contributed by atoms with Gasteiger partial charge in [0.2, 0.25) is 0 Å². The van der Waals surface area contributed by atoms with Crippen LogP contribution in [-0.4, -0.2) is 44.3 Å². The van der Waals surface area contributed by atoms with Crippen LogP contribution in [0.25, 0.3) is 5.69 Å². The summed E-state index contributed by atoms with van der Waals surface area (Å²) in [5.74, 6) is -1.48. The summed E-state index contributed by atoms with van der Waals surface area (Å²) in [6.45, 7) is 0.377. The van der Waals surface area contributed by atoms with Crippen molar-refractivity contribution < 1.29 is 14.7 Å². The van der Waals surface area contributed by atoms with Crippen LogP contribution in [0.2, 0.25) is 0 Å². The average Bonchev–Trinajstić information content (AvgIpc) is 2.62. The van der Waals surface area contributed by atoms with Crippen molar-refractivity contribution in [1.82, 2.24) is 14.7 Å². The van der Waals surface area contributed by atoms with Gasteiger partial charge in [0, 0.05) is 12.6 Å². The first-order valence-corrected chi connectivity index (χ1v) is 7.77. The third-order valence-electron chi connectivity index (χ3n) is 4.07. The highest BCUT2D eigenvalue weighted by molar-refractivity contribution is 5.95. The standard InChI is InChI=1S/C17H17N3O4/c21-15-10-9-13(18-20(15)12-6-2-1-3-7-12)16(22)19-11-5-4-8-14(19)17(23)24/h1-3,6-7,9-10,14H,4-5,8,11H2,(H,23,24). The van der Waals surface area contributed by atoms with E-state index < -0.39 is 17.9 Å². The molecular formula is C17H17N3O4. The van der Waals surface area contributed by atoms with Gasteiger partial charge in [-0.3, -0.25) is 9.59 Å². The minimum Gasteiger partial charge on any atom is -0.480 e. The van der Waals surface area contributed by atoms with E-state index in [1.54, 1.807) is 24.3 Å². The molecule has 2 heterocycles. The van der Waals surface area contributed by atoms with Crippen LogP contribution in [-0.2, 0) is 4.79 Å². The number of carboxylic acid groups (broad SMARTS) is 1. The molecular weight excluding hydrogens is 310 g/mol. The van der Waals surface area contributed by atoms with Gasteiger partial charge in [0.15, 0.2) is 0 Å². The van der Waals surface area contributed by atoms with E-state index in [0.29, 0.717) is 18.7 Å². The molecule has 3 rings (SSSR count). The number of hydrogen-bond acceptors (Lipinski definition) is 4. The van der Waals surface area contributed by atoms with E-state index in [4.69, 9.17) is 0 Å². The van der Waals surface area contributed by atoms with Gasteiger partial charge in [0.05, 0.1) is 5.69 Å². The van der Waals surface area contributed by atoms with E-state index in [2.05, 4.69) is 5.10 Å². The molecule has 1 amide bonds. The molecule has 7 heteroatoms. The Bertz CT molecular complexity index is 816.